The van der Waals surface area contributed by atoms with E-state index in [2.05, 4.69) is 22.1 Å². The zero-order valence-corrected chi connectivity index (χ0v) is 17.6. The molecule has 0 spiro atoms. The molecule has 3 aromatic heterocycles. The van der Waals surface area contributed by atoms with Crippen molar-refractivity contribution in [1.82, 2.24) is 14.5 Å². The number of pyridine rings is 2. The summed E-state index contributed by atoms with van der Waals surface area (Å²) in [5, 5.41) is 3.44. The first-order chi connectivity index (χ1) is 13.9. The van der Waals surface area contributed by atoms with Crippen molar-refractivity contribution in [3.8, 4) is 11.1 Å². The number of hydrogen-bond donors (Lipinski definition) is 1. The minimum Gasteiger partial charge on any atom is -0.376 e. The van der Waals surface area contributed by atoms with Gasteiger partial charge in [0.05, 0.1) is 18.1 Å². The highest BCUT2D eigenvalue weighted by molar-refractivity contribution is 7.19. The number of anilines is 1. The van der Waals surface area contributed by atoms with Crippen molar-refractivity contribution in [2.75, 3.05) is 25.0 Å². The Bertz CT molecular complexity index is 1120. The molecule has 1 atom stereocenters. The van der Waals surface area contributed by atoms with Gasteiger partial charge in [0.2, 0.25) is 5.91 Å². The number of fused-ring (bicyclic) bond motifs is 1. The molecule has 0 saturated carbocycles. The molecule has 29 heavy (non-hydrogen) atoms. The Morgan fingerprint density at radius 2 is 2.24 bits per heavy atom. The lowest BCUT2D eigenvalue weighted by Gasteiger charge is -2.30. The van der Waals surface area contributed by atoms with Gasteiger partial charge in [-0.25, -0.2) is 4.98 Å². The van der Waals surface area contributed by atoms with Crippen LogP contribution in [-0.4, -0.2) is 46.2 Å². The monoisotopic (exact) mass is 412 g/mol. The second-order valence-electron chi connectivity index (χ2n) is 7.44. The number of hydrogen-bond acceptors (Lipinski definition) is 6. The first kappa shape index (κ1) is 19.8. The maximum absolute atomic E-state index is 12.7. The van der Waals surface area contributed by atoms with Gasteiger partial charge in [0, 0.05) is 61.1 Å². The molecule has 4 heterocycles. The number of nitrogens with zero attached hydrogens (tertiary/aromatic N) is 3. The van der Waals surface area contributed by atoms with E-state index in [1.54, 1.807) is 29.1 Å². The second kappa shape index (κ2) is 8.06. The lowest BCUT2D eigenvalue weighted by molar-refractivity contribution is -0.114. The van der Waals surface area contributed by atoms with Crippen LogP contribution in [0.3, 0.4) is 0 Å². The number of aromatic nitrogens is 2. The molecular formula is C21H24N4O3S. The van der Waals surface area contributed by atoms with E-state index >= 15 is 0 Å². The van der Waals surface area contributed by atoms with Crippen LogP contribution in [-0.2, 0) is 23.1 Å². The van der Waals surface area contributed by atoms with E-state index in [1.807, 2.05) is 24.4 Å². The van der Waals surface area contributed by atoms with Gasteiger partial charge >= 0.3 is 0 Å². The molecule has 0 aromatic carbocycles. The summed E-state index contributed by atoms with van der Waals surface area (Å²) in [5.74, 6) is 0.328. The highest BCUT2D eigenvalue weighted by Crippen LogP contribution is 2.34. The van der Waals surface area contributed by atoms with Gasteiger partial charge in [-0.1, -0.05) is 0 Å². The van der Waals surface area contributed by atoms with Gasteiger partial charge < -0.3 is 14.6 Å². The van der Waals surface area contributed by atoms with Crippen molar-refractivity contribution in [3.63, 3.8) is 0 Å². The lowest BCUT2D eigenvalue weighted by Crippen LogP contribution is -2.40. The summed E-state index contributed by atoms with van der Waals surface area (Å²) in [7, 11) is 1.77. The SMILES string of the molecule is CC(=O)Nc1cc(-c2cn(C)c(=O)c3cc(CN4CCOC(C)C4)sc23)ccn1. The van der Waals surface area contributed by atoms with Crippen LogP contribution >= 0.6 is 11.3 Å². The van der Waals surface area contributed by atoms with Crippen LogP contribution in [0.15, 0.2) is 35.4 Å². The minimum absolute atomic E-state index is 0.00210. The molecule has 8 heteroatoms. The molecule has 1 aliphatic heterocycles. The topological polar surface area (TPSA) is 76.5 Å². The fourth-order valence-electron chi connectivity index (χ4n) is 3.69. The molecule has 3 aromatic rings. The Labute approximate surface area is 172 Å². The number of carbonyl (C=O) groups excluding carboxylic acids is 1. The first-order valence-electron chi connectivity index (χ1n) is 9.60. The van der Waals surface area contributed by atoms with E-state index in [0.29, 0.717) is 5.82 Å². The molecule has 0 bridgehead atoms. The van der Waals surface area contributed by atoms with Crippen molar-refractivity contribution in [2.24, 2.45) is 7.05 Å². The Morgan fingerprint density at radius 1 is 1.41 bits per heavy atom. The molecule has 1 fully saturated rings. The van der Waals surface area contributed by atoms with Gasteiger partial charge in [0.25, 0.3) is 5.56 Å². The molecule has 0 aliphatic carbocycles. The predicted molar refractivity (Wildman–Crippen MR) is 115 cm³/mol. The zero-order chi connectivity index (χ0) is 20.5. The molecule has 0 radical (unpaired) electrons. The van der Waals surface area contributed by atoms with Crippen LogP contribution in [0.5, 0.6) is 0 Å². The summed E-state index contributed by atoms with van der Waals surface area (Å²) < 4.78 is 8.20. The summed E-state index contributed by atoms with van der Waals surface area (Å²) in [6.45, 7) is 6.88. The second-order valence-corrected chi connectivity index (χ2v) is 8.58. The normalized spacial score (nSPS) is 17.6. The number of morpholine rings is 1. The van der Waals surface area contributed by atoms with Gasteiger partial charge in [-0.05, 0) is 30.7 Å². The van der Waals surface area contributed by atoms with E-state index in [0.717, 1.165) is 52.3 Å². The number of amides is 1. The van der Waals surface area contributed by atoms with Crippen LogP contribution in [0, 0.1) is 0 Å². The Balaban J connectivity index is 1.75. The van der Waals surface area contributed by atoms with Crippen LogP contribution in [0.25, 0.3) is 21.2 Å². The quantitative estimate of drug-likeness (QED) is 0.713. The van der Waals surface area contributed by atoms with Gasteiger partial charge in [-0.3, -0.25) is 14.5 Å². The predicted octanol–water partition coefficient (Wildman–Crippen LogP) is 2.84. The molecule has 1 N–H and O–H groups in total. The fourth-order valence-corrected chi connectivity index (χ4v) is 4.91. The Hall–Kier alpha value is -2.55. The average molecular weight is 413 g/mol. The molecule has 1 saturated heterocycles. The van der Waals surface area contributed by atoms with Crippen LogP contribution < -0.4 is 10.9 Å². The van der Waals surface area contributed by atoms with Gasteiger partial charge in [-0.2, -0.15) is 0 Å². The number of nitrogens with one attached hydrogen (secondary N) is 1. The number of rotatable bonds is 4. The van der Waals surface area contributed by atoms with Crippen molar-refractivity contribution < 1.29 is 9.53 Å². The summed E-state index contributed by atoms with van der Waals surface area (Å²) in [6, 6.07) is 5.75. The van der Waals surface area contributed by atoms with Crippen LogP contribution in [0.1, 0.15) is 18.7 Å². The average Bonchev–Trinajstić information content (AvgIpc) is 3.08. The van der Waals surface area contributed by atoms with E-state index in [9.17, 15) is 9.59 Å². The number of aryl methyl sites for hydroxylation is 1. The largest absolute Gasteiger partial charge is 0.376 e. The van der Waals surface area contributed by atoms with Gasteiger partial charge in [0.15, 0.2) is 0 Å². The molecule has 152 valence electrons. The third-order valence-corrected chi connectivity index (χ3v) is 6.13. The van der Waals surface area contributed by atoms with Crippen molar-refractivity contribution >= 4 is 33.1 Å². The van der Waals surface area contributed by atoms with Gasteiger partial charge in [0.1, 0.15) is 5.82 Å². The molecule has 4 rings (SSSR count). The highest BCUT2D eigenvalue weighted by Gasteiger charge is 2.19. The molecule has 7 nitrogen and oxygen atoms in total. The highest BCUT2D eigenvalue weighted by atomic mass is 32.1. The maximum atomic E-state index is 12.7. The van der Waals surface area contributed by atoms with Crippen molar-refractivity contribution in [3.05, 3.63) is 45.8 Å². The Morgan fingerprint density at radius 3 is 3.00 bits per heavy atom. The smallest absolute Gasteiger partial charge is 0.259 e. The van der Waals surface area contributed by atoms with Crippen molar-refractivity contribution in [1.29, 1.82) is 0 Å². The van der Waals surface area contributed by atoms with Crippen LogP contribution in [0.4, 0.5) is 5.82 Å². The standard InChI is InChI=1S/C21H24N4O3S/c1-13-10-25(6-7-28-13)11-16-9-17-20(29-16)18(12-24(3)21(17)27)15-4-5-22-19(8-15)23-14(2)26/h4-5,8-9,12-13H,6-7,10-11H2,1-3H3,(H,22,23,26). The summed E-state index contributed by atoms with van der Waals surface area (Å²) in [4.78, 5) is 31.9. The van der Waals surface area contributed by atoms with E-state index < -0.39 is 0 Å². The Kier molecular flexibility index (Phi) is 5.49. The third kappa shape index (κ3) is 4.24. The molecule has 1 amide bonds. The van der Waals surface area contributed by atoms with Crippen LogP contribution in [0.2, 0.25) is 0 Å². The first-order valence-corrected chi connectivity index (χ1v) is 10.4. The van der Waals surface area contributed by atoms with Crippen molar-refractivity contribution in [2.45, 2.75) is 26.5 Å². The third-order valence-electron chi connectivity index (χ3n) is 4.98. The van der Waals surface area contributed by atoms with Gasteiger partial charge in [-0.15, -0.1) is 11.3 Å². The zero-order valence-electron chi connectivity index (χ0n) is 16.8. The minimum atomic E-state index is -0.168. The number of thiophene rings is 1. The van der Waals surface area contributed by atoms with E-state index in [4.69, 9.17) is 4.74 Å². The molecule has 1 unspecified atom stereocenters. The van der Waals surface area contributed by atoms with E-state index in [1.165, 1.54) is 6.92 Å². The number of carbonyl (C=O) groups is 1. The lowest BCUT2D eigenvalue weighted by atomic mass is 10.1. The summed E-state index contributed by atoms with van der Waals surface area (Å²) in [5.41, 5.74) is 1.87. The molecular weight excluding hydrogens is 388 g/mol. The fraction of sp³-hybridized carbons (Fsp3) is 0.381. The summed E-state index contributed by atoms with van der Waals surface area (Å²) >= 11 is 1.65. The number of ether oxygens (including phenoxy) is 1. The maximum Gasteiger partial charge on any atom is 0.259 e. The molecule has 1 aliphatic rings. The summed E-state index contributed by atoms with van der Waals surface area (Å²) in [6.07, 6.45) is 3.75. The van der Waals surface area contributed by atoms with E-state index in [-0.39, 0.29) is 17.6 Å².